The molecule has 0 fully saturated rings. The van der Waals surface area contributed by atoms with E-state index in [-0.39, 0.29) is 29.5 Å². The van der Waals surface area contributed by atoms with E-state index in [4.69, 9.17) is 0 Å². The van der Waals surface area contributed by atoms with Gasteiger partial charge in [-0.3, -0.25) is 9.59 Å². The largest absolute Gasteiger partial charge is 0.346 e. The van der Waals surface area contributed by atoms with Gasteiger partial charge in [-0.05, 0) is 36.0 Å². The first-order chi connectivity index (χ1) is 16.2. The minimum atomic E-state index is -0.253. The molecular weight excluding hydrogens is 446 g/mol. The summed E-state index contributed by atoms with van der Waals surface area (Å²) in [4.78, 5) is 24.6. The molecule has 180 valence electrons. The van der Waals surface area contributed by atoms with E-state index < -0.39 is 0 Å². The van der Waals surface area contributed by atoms with Crippen LogP contribution in [-0.4, -0.2) is 38.9 Å². The molecule has 3 rings (SSSR count). The van der Waals surface area contributed by atoms with E-state index in [1.807, 2.05) is 42.7 Å². The summed E-state index contributed by atoms with van der Waals surface area (Å²) in [5.41, 5.74) is 4.16. The molecule has 1 aromatic heterocycles. The smallest absolute Gasteiger partial charge is 0.243 e. The number of aryl methyl sites for hydroxylation is 1. The first kappa shape index (κ1) is 25.5. The van der Waals surface area contributed by atoms with Crippen molar-refractivity contribution in [1.82, 2.24) is 20.1 Å². The van der Waals surface area contributed by atoms with E-state index in [0.29, 0.717) is 11.7 Å². The minimum Gasteiger partial charge on any atom is -0.346 e. The summed E-state index contributed by atoms with van der Waals surface area (Å²) in [5, 5.41) is 14.9. The number of rotatable bonds is 9. The lowest BCUT2D eigenvalue weighted by Gasteiger charge is -2.19. The topological polar surface area (TPSA) is 88.9 Å². The van der Waals surface area contributed by atoms with Crippen LogP contribution in [0.25, 0.3) is 11.4 Å². The van der Waals surface area contributed by atoms with E-state index in [2.05, 4.69) is 65.9 Å². The van der Waals surface area contributed by atoms with Gasteiger partial charge in [-0.2, -0.15) is 0 Å². The highest BCUT2D eigenvalue weighted by Crippen LogP contribution is 2.27. The summed E-state index contributed by atoms with van der Waals surface area (Å²) in [5.74, 6) is 0.447. The van der Waals surface area contributed by atoms with Crippen molar-refractivity contribution in [2.45, 2.75) is 58.2 Å². The Hall–Kier alpha value is -3.13. The van der Waals surface area contributed by atoms with E-state index in [0.717, 1.165) is 29.1 Å². The molecule has 0 aliphatic rings. The zero-order chi connectivity index (χ0) is 24.7. The molecule has 0 atom stereocenters. The first-order valence-electron chi connectivity index (χ1n) is 11.5. The number of amides is 2. The highest BCUT2D eigenvalue weighted by molar-refractivity contribution is 7.99. The number of hydrogen-bond donors (Lipinski definition) is 2. The van der Waals surface area contributed by atoms with Gasteiger partial charge in [0.1, 0.15) is 0 Å². The van der Waals surface area contributed by atoms with Gasteiger partial charge in [0.05, 0.1) is 12.3 Å². The Kier molecular flexibility index (Phi) is 8.50. The third-order valence-corrected chi connectivity index (χ3v) is 6.46. The van der Waals surface area contributed by atoms with Crippen LogP contribution < -0.4 is 10.6 Å². The van der Waals surface area contributed by atoms with Crippen LogP contribution in [0.4, 0.5) is 5.69 Å². The Labute approximate surface area is 205 Å². The number of carbonyl (C=O) groups excluding carboxylic acids is 2. The number of hydrogen-bond acceptors (Lipinski definition) is 5. The molecule has 0 unspecified atom stereocenters. The van der Waals surface area contributed by atoms with Crippen LogP contribution in [-0.2, 0) is 28.0 Å². The molecule has 34 heavy (non-hydrogen) atoms. The summed E-state index contributed by atoms with van der Waals surface area (Å²) >= 11 is 1.31. The second-order valence-corrected chi connectivity index (χ2v) is 9.94. The molecule has 2 N–H and O–H groups in total. The molecule has 0 radical (unpaired) electrons. The number of anilines is 1. The highest BCUT2D eigenvalue weighted by atomic mass is 32.2. The predicted molar refractivity (Wildman–Crippen MR) is 138 cm³/mol. The molecule has 7 nitrogen and oxygen atoms in total. The van der Waals surface area contributed by atoms with Crippen LogP contribution >= 0.6 is 11.8 Å². The maximum Gasteiger partial charge on any atom is 0.243 e. The van der Waals surface area contributed by atoms with E-state index in [1.165, 1.54) is 17.3 Å². The molecule has 3 aromatic rings. The van der Waals surface area contributed by atoms with Gasteiger partial charge in [0.25, 0.3) is 0 Å². The number of benzene rings is 2. The Bertz CT molecular complexity index is 1130. The Morgan fingerprint density at radius 1 is 0.971 bits per heavy atom. The van der Waals surface area contributed by atoms with Crippen molar-refractivity contribution < 1.29 is 9.59 Å². The average Bonchev–Trinajstić information content (AvgIpc) is 3.24. The maximum atomic E-state index is 12.3. The SMILES string of the molecule is CCc1ccccc1NC(=O)CNC(=O)CSc1nnc(-c2ccc(C(C)(C)C)cc2)n1CC. The van der Waals surface area contributed by atoms with Crippen molar-refractivity contribution >= 4 is 29.3 Å². The van der Waals surface area contributed by atoms with Crippen LogP contribution in [0.5, 0.6) is 0 Å². The fourth-order valence-corrected chi connectivity index (χ4v) is 4.35. The van der Waals surface area contributed by atoms with Gasteiger partial charge in [-0.1, -0.05) is 81.9 Å². The van der Waals surface area contributed by atoms with Gasteiger partial charge in [0.15, 0.2) is 11.0 Å². The molecule has 8 heteroatoms. The van der Waals surface area contributed by atoms with Crippen molar-refractivity contribution in [1.29, 1.82) is 0 Å². The van der Waals surface area contributed by atoms with Crippen LogP contribution in [0, 0.1) is 0 Å². The van der Waals surface area contributed by atoms with Crippen molar-refractivity contribution in [2.75, 3.05) is 17.6 Å². The lowest BCUT2D eigenvalue weighted by atomic mass is 9.87. The zero-order valence-corrected chi connectivity index (χ0v) is 21.3. The molecule has 0 spiro atoms. The molecule has 0 saturated heterocycles. The molecule has 1 heterocycles. The van der Waals surface area contributed by atoms with E-state index >= 15 is 0 Å². The molecule has 2 amide bonds. The Balaban J connectivity index is 1.55. The standard InChI is InChI=1S/C26H33N5O2S/c1-6-18-10-8-9-11-21(18)28-22(32)16-27-23(33)17-34-25-30-29-24(31(25)7-2)19-12-14-20(15-13-19)26(3,4)5/h8-15H,6-7,16-17H2,1-5H3,(H,27,33)(H,28,32). The monoisotopic (exact) mass is 479 g/mol. The molecule has 0 aliphatic carbocycles. The Morgan fingerprint density at radius 2 is 1.68 bits per heavy atom. The van der Waals surface area contributed by atoms with Gasteiger partial charge in [-0.15, -0.1) is 10.2 Å². The normalized spacial score (nSPS) is 11.3. The minimum absolute atomic E-state index is 0.0801. The van der Waals surface area contributed by atoms with Gasteiger partial charge in [0, 0.05) is 17.8 Å². The van der Waals surface area contributed by atoms with Gasteiger partial charge in [0.2, 0.25) is 11.8 Å². The molecular formula is C26H33N5O2S. The van der Waals surface area contributed by atoms with Gasteiger partial charge >= 0.3 is 0 Å². The lowest BCUT2D eigenvalue weighted by Crippen LogP contribution is -2.34. The summed E-state index contributed by atoms with van der Waals surface area (Å²) in [6.07, 6.45) is 0.820. The quantitative estimate of drug-likeness (QED) is 0.435. The van der Waals surface area contributed by atoms with E-state index in [1.54, 1.807) is 0 Å². The van der Waals surface area contributed by atoms with Gasteiger partial charge in [-0.25, -0.2) is 0 Å². The number of carbonyl (C=O) groups is 2. The van der Waals surface area contributed by atoms with Crippen molar-refractivity contribution in [2.24, 2.45) is 0 Å². The number of thioether (sulfide) groups is 1. The number of aromatic nitrogens is 3. The Morgan fingerprint density at radius 3 is 2.32 bits per heavy atom. The van der Waals surface area contributed by atoms with Crippen LogP contribution in [0.2, 0.25) is 0 Å². The second-order valence-electron chi connectivity index (χ2n) is 9.00. The number of nitrogens with one attached hydrogen (secondary N) is 2. The molecule has 0 saturated carbocycles. The number of para-hydroxylation sites is 1. The van der Waals surface area contributed by atoms with Crippen LogP contribution in [0.1, 0.15) is 45.7 Å². The third-order valence-electron chi connectivity index (χ3n) is 5.49. The fraction of sp³-hybridized carbons (Fsp3) is 0.385. The van der Waals surface area contributed by atoms with E-state index in [9.17, 15) is 9.59 Å². The lowest BCUT2D eigenvalue weighted by molar-refractivity contribution is -0.122. The van der Waals surface area contributed by atoms with Gasteiger partial charge < -0.3 is 15.2 Å². The zero-order valence-electron chi connectivity index (χ0n) is 20.5. The van der Waals surface area contributed by atoms with Crippen molar-refractivity contribution in [3.63, 3.8) is 0 Å². The number of nitrogens with zero attached hydrogens (tertiary/aromatic N) is 3. The second kappa shape index (κ2) is 11.3. The highest BCUT2D eigenvalue weighted by Gasteiger charge is 2.17. The fourth-order valence-electron chi connectivity index (χ4n) is 3.52. The van der Waals surface area contributed by atoms with Crippen LogP contribution in [0.15, 0.2) is 53.7 Å². The van der Waals surface area contributed by atoms with Crippen LogP contribution in [0.3, 0.4) is 0 Å². The average molecular weight is 480 g/mol. The van der Waals surface area contributed by atoms with Crippen molar-refractivity contribution in [3.8, 4) is 11.4 Å². The summed E-state index contributed by atoms with van der Waals surface area (Å²) in [7, 11) is 0. The summed E-state index contributed by atoms with van der Waals surface area (Å²) < 4.78 is 2.00. The third kappa shape index (κ3) is 6.47. The van der Waals surface area contributed by atoms with Crippen molar-refractivity contribution in [3.05, 3.63) is 59.7 Å². The maximum absolute atomic E-state index is 12.3. The molecule has 2 aromatic carbocycles. The predicted octanol–water partition coefficient (Wildman–Crippen LogP) is 4.67. The molecule has 0 bridgehead atoms. The summed E-state index contributed by atoms with van der Waals surface area (Å²) in [6, 6.07) is 16.0. The molecule has 0 aliphatic heterocycles. The first-order valence-corrected chi connectivity index (χ1v) is 12.5. The summed E-state index contributed by atoms with van der Waals surface area (Å²) in [6.45, 7) is 11.2.